The van der Waals surface area contributed by atoms with Crippen LogP contribution in [-0.2, 0) is 0 Å². The van der Waals surface area contributed by atoms with Crippen molar-refractivity contribution < 1.29 is 14.1 Å². The topological polar surface area (TPSA) is 60.2 Å². The van der Waals surface area contributed by atoms with Crippen molar-refractivity contribution in [3.8, 4) is 0 Å². The van der Waals surface area contributed by atoms with Crippen LogP contribution >= 0.6 is 11.6 Å². The highest BCUT2D eigenvalue weighted by Crippen LogP contribution is 2.21. The van der Waals surface area contributed by atoms with E-state index in [-0.39, 0.29) is 21.8 Å². The largest absolute Gasteiger partial charge is 0.289 e. The lowest BCUT2D eigenvalue weighted by atomic mass is 10.1. The zero-order valence-electron chi connectivity index (χ0n) is 10.6. The quantitative estimate of drug-likeness (QED) is 0.366. The number of non-ortho nitro benzene ring substituents is 1. The summed E-state index contributed by atoms with van der Waals surface area (Å²) in [7, 11) is 0. The van der Waals surface area contributed by atoms with Crippen LogP contribution in [0.1, 0.15) is 15.9 Å². The first-order valence-corrected chi connectivity index (χ1v) is 6.27. The van der Waals surface area contributed by atoms with Crippen molar-refractivity contribution in [1.82, 2.24) is 0 Å². The molecule has 0 aromatic heterocycles. The van der Waals surface area contributed by atoms with Gasteiger partial charge in [-0.25, -0.2) is 4.39 Å². The Kier molecular flexibility index (Phi) is 4.45. The van der Waals surface area contributed by atoms with Crippen LogP contribution in [0.5, 0.6) is 0 Å². The molecule has 0 radical (unpaired) electrons. The molecule has 6 heteroatoms. The molecule has 4 nitrogen and oxygen atoms in total. The van der Waals surface area contributed by atoms with E-state index in [0.717, 1.165) is 0 Å². The average Bonchev–Trinajstić information content (AvgIpc) is 2.46. The third kappa shape index (κ3) is 3.52. The molecule has 2 rings (SSSR count). The number of nitrogens with zero attached hydrogens (tertiary/aromatic N) is 1. The summed E-state index contributed by atoms with van der Waals surface area (Å²) in [5.41, 5.74) is 0.284. The Morgan fingerprint density at radius 3 is 2.43 bits per heavy atom. The van der Waals surface area contributed by atoms with E-state index < -0.39 is 16.5 Å². The molecule has 0 saturated carbocycles. The second kappa shape index (κ2) is 6.28. The van der Waals surface area contributed by atoms with Crippen LogP contribution in [0.3, 0.4) is 0 Å². The van der Waals surface area contributed by atoms with Crippen LogP contribution in [0.15, 0.2) is 48.5 Å². The molecule has 0 fully saturated rings. The van der Waals surface area contributed by atoms with Gasteiger partial charge in [-0.1, -0.05) is 17.7 Å². The predicted molar refractivity (Wildman–Crippen MR) is 77.9 cm³/mol. The summed E-state index contributed by atoms with van der Waals surface area (Å²) >= 11 is 5.84. The molecule has 0 aliphatic heterocycles. The monoisotopic (exact) mass is 305 g/mol. The molecule has 0 aliphatic carbocycles. The number of nitro benzene ring substituents is 1. The molecule has 0 atom stereocenters. The third-order valence-corrected chi connectivity index (χ3v) is 3.09. The summed E-state index contributed by atoms with van der Waals surface area (Å²) in [5.74, 6) is -0.931. The number of benzene rings is 2. The first-order valence-electron chi connectivity index (χ1n) is 5.90. The van der Waals surface area contributed by atoms with Crippen molar-refractivity contribution in [2.45, 2.75) is 0 Å². The van der Waals surface area contributed by atoms with Crippen molar-refractivity contribution in [3.63, 3.8) is 0 Å². The first kappa shape index (κ1) is 14.9. The minimum atomic E-state index is -0.552. The standard InChI is InChI=1S/C15H9ClFNO3/c16-13-2-1-3-14(17)12(13)8-9-15(19)10-4-6-11(7-5-10)18(20)21/h1-9H. The second-order valence-corrected chi connectivity index (χ2v) is 4.54. The van der Waals surface area contributed by atoms with E-state index in [2.05, 4.69) is 0 Å². The molecule has 2 aromatic carbocycles. The number of carbonyl (C=O) groups excluding carboxylic acids is 1. The Bertz CT molecular complexity index is 706. The predicted octanol–water partition coefficient (Wildman–Crippen LogP) is 4.28. The van der Waals surface area contributed by atoms with Crippen LogP contribution in [0.25, 0.3) is 6.08 Å². The van der Waals surface area contributed by atoms with Crippen LogP contribution in [0.4, 0.5) is 10.1 Å². The Morgan fingerprint density at radius 1 is 1.19 bits per heavy atom. The summed E-state index contributed by atoms with van der Waals surface area (Å²) in [6.45, 7) is 0. The molecule has 106 valence electrons. The second-order valence-electron chi connectivity index (χ2n) is 4.14. The van der Waals surface area contributed by atoms with E-state index in [1.807, 2.05) is 0 Å². The molecule has 21 heavy (non-hydrogen) atoms. The minimum absolute atomic E-state index is 0.104. The molecule has 0 N–H and O–H groups in total. The van der Waals surface area contributed by atoms with Gasteiger partial charge in [-0.2, -0.15) is 0 Å². The fourth-order valence-corrected chi connectivity index (χ4v) is 1.90. The highest BCUT2D eigenvalue weighted by Gasteiger charge is 2.08. The molecule has 0 spiro atoms. The highest BCUT2D eigenvalue weighted by molar-refractivity contribution is 6.32. The smallest absolute Gasteiger partial charge is 0.269 e. The van der Waals surface area contributed by atoms with Gasteiger partial charge in [-0.05, 0) is 36.4 Å². The van der Waals surface area contributed by atoms with Gasteiger partial charge in [0.25, 0.3) is 5.69 Å². The number of allylic oxidation sites excluding steroid dienone is 1. The maximum atomic E-state index is 13.5. The van der Waals surface area contributed by atoms with Gasteiger partial charge in [-0.3, -0.25) is 14.9 Å². The van der Waals surface area contributed by atoms with E-state index in [1.54, 1.807) is 0 Å². The van der Waals surface area contributed by atoms with Gasteiger partial charge in [0, 0.05) is 23.3 Å². The normalized spacial score (nSPS) is 10.8. The van der Waals surface area contributed by atoms with E-state index in [9.17, 15) is 19.3 Å². The van der Waals surface area contributed by atoms with Crippen LogP contribution < -0.4 is 0 Å². The molecule has 0 unspecified atom stereocenters. The van der Waals surface area contributed by atoms with Crippen molar-refractivity contribution in [3.05, 3.63) is 80.6 Å². The van der Waals surface area contributed by atoms with Gasteiger partial charge in [0.05, 0.1) is 9.95 Å². The fraction of sp³-hybridized carbons (Fsp3) is 0. The molecule has 2 aromatic rings. The minimum Gasteiger partial charge on any atom is -0.289 e. The van der Waals surface area contributed by atoms with Crippen LogP contribution in [0, 0.1) is 15.9 Å². The van der Waals surface area contributed by atoms with E-state index >= 15 is 0 Å². The van der Waals surface area contributed by atoms with Gasteiger partial charge in [-0.15, -0.1) is 0 Å². The maximum absolute atomic E-state index is 13.5. The molecule has 0 bridgehead atoms. The molecular formula is C15H9ClFNO3. The molecule has 0 heterocycles. The molecular weight excluding hydrogens is 297 g/mol. The van der Waals surface area contributed by atoms with E-state index in [0.29, 0.717) is 0 Å². The average molecular weight is 306 g/mol. The van der Waals surface area contributed by atoms with E-state index in [1.165, 1.54) is 54.6 Å². The van der Waals surface area contributed by atoms with Crippen LogP contribution in [0.2, 0.25) is 5.02 Å². The lowest BCUT2D eigenvalue weighted by Gasteiger charge is -2.00. The maximum Gasteiger partial charge on any atom is 0.269 e. The first-order chi connectivity index (χ1) is 9.99. The third-order valence-electron chi connectivity index (χ3n) is 2.76. The molecule has 0 aliphatic rings. The van der Waals surface area contributed by atoms with Crippen molar-refractivity contribution in [1.29, 1.82) is 0 Å². The van der Waals surface area contributed by atoms with Gasteiger partial charge in [0.2, 0.25) is 0 Å². The fourth-order valence-electron chi connectivity index (χ4n) is 1.67. The summed E-state index contributed by atoms with van der Waals surface area (Å²) in [5, 5.41) is 10.7. The van der Waals surface area contributed by atoms with Crippen molar-refractivity contribution >= 4 is 29.1 Å². The summed E-state index contributed by atoms with van der Waals surface area (Å²) in [6.07, 6.45) is 2.45. The van der Waals surface area contributed by atoms with Gasteiger partial charge in [0.1, 0.15) is 5.82 Å². The van der Waals surface area contributed by atoms with Gasteiger partial charge in [0.15, 0.2) is 5.78 Å². The highest BCUT2D eigenvalue weighted by atomic mass is 35.5. The number of halogens is 2. The van der Waals surface area contributed by atoms with Crippen molar-refractivity contribution in [2.24, 2.45) is 0 Å². The van der Waals surface area contributed by atoms with Crippen molar-refractivity contribution in [2.75, 3.05) is 0 Å². The molecule has 0 saturated heterocycles. The Balaban J connectivity index is 2.21. The Labute approximate surface area is 124 Å². The summed E-state index contributed by atoms with van der Waals surface area (Å²) in [6, 6.07) is 9.37. The zero-order chi connectivity index (χ0) is 15.4. The Hall–Kier alpha value is -2.53. The SMILES string of the molecule is O=C(C=Cc1c(F)cccc1Cl)c1ccc([N+](=O)[O-])cc1. The summed E-state index contributed by atoms with van der Waals surface area (Å²) < 4.78 is 13.5. The summed E-state index contributed by atoms with van der Waals surface area (Å²) in [4.78, 5) is 21.9. The number of nitro groups is 1. The number of rotatable bonds is 4. The van der Waals surface area contributed by atoms with E-state index in [4.69, 9.17) is 11.6 Å². The number of hydrogen-bond donors (Lipinski definition) is 0. The lowest BCUT2D eigenvalue weighted by molar-refractivity contribution is -0.384. The lowest BCUT2D eigenvalue weighted by Crippen LogP contribution is -1.95. The number of ketones is 1. The Morgan fingerprint density at radius 2 is 1.86 bits per heavy atom. The number of carbonyl (C=O) groups is 1. The number of hydrogen-bond acceptors (Lipinski definition) is 3. The zero-order valence-corrected chi connectivity index (χ0v) is 11.4. The van der Waals surface area contributed by atoms with Gasteiger partial charge < -0.3 is 0 Å². The van der Waals surface area contributed by atoms with Crippen LogP contribution in [-0.4, -0.2) is 10.7 Å². The van der Waals surface area contributed by atoms with Gasteiger partial charge >= 0.3 is 0 Å². The molecule has 0 amide bonds.